The molecule has 4 rings (SSSR count). The Morgan fingerprint density at radius 2 is 1.78 bits per heavy atom. The Balaban J connectivity index is 1.42. The van der Waals surface area contributed by atoms with Gasteiger partial charge >= 0.3 is 0 Å². The normalized spacial score (nSPS) is 15.2. The zero-order valence-electron chi connectivity index (χ0n) is 17.8. The van der Waals surface area contributed by atoms with Crippen molar-refractivity contribution in [2.75, 3.05) is 5.32 Å². The van der Waals surface area contributed by atoms with Gasteiger partial charge in [-0.05, 0) is 34.8 Å². The molecule has 2 heterocycles. The van der Waals surface area contributed by atoms with E-state index in [1.807, 2.05) is 5.38 Å². The molecule has 1 fully saturated rings. The first-order valence-corrected chi connectivity index (χ1v) is 12.0. The van der Waals surface area contributed by atoms with E-state index in [-0.39, 0.29) is 17.2 Å². The van der Waals surface area contributed by atoms with Crippen molar-refractivity contribution in [3.05, 3.63) is 75.5 Å². The number of hydrogen-bond donors (Lipinski definition) is 2. The molecule has 0 unspecified atom stereocenters. The van der Waals surface area contributed by atoms with Gasteiger partial charge in [0.15, 0.2) is 5.13 Å². The number of rotatable bonds is 4. The Kier molecular flexibility index (Phi) is 6.28. The molecule has 0 aliphatic carbocycles. The van der Waals surface area contributed by atoms with Gasteiger partial charge in [0.2, 0.25) is 0 Å². The molecule has 0 atom stereocenters. The predicted molar refractivity (Wildman–Crippen MR) is 137 cm³/mol. The van der Waals surface area contributed by atoms with Crippen LogP contribution in [0, 0.1) is 0 Å². The number of hydrogen-bond acceptors (Lipinski definition) is 6. The molecule has 32 heavy (non-hydrogen) atoms. The Morgan fingerprint density at radius 3 is 2.38 bits per heavy atom. The van der Waals surface area contributed by atoms with E-state index in [0.29, 0.717) is 19.9 Å². The highest BCUT2D eigenvalue weighted by Crippen LogP contribution is 2.29. The highest BCUT2D eigenvalue weighted by atomic mass is 32.2. The number of thioether (sulfide) groups is 1. The summed E-state index contributed by atoms with van der Waals surface area (Å²) in [5.41, 5.74) is 4.54. The Bertz CT molecular complexity index is 1220. The lowest BCUT2D eigenvalue weighted by Crippen LogP contribution is -2.17. The molecule has 1 aliphatic rings. The standard InChI is InChI=1S/C24H21N3O2S3/c1-24(2,3)17-10-8-15(9-11-17)18-13-31-22(25-18)26-20(28)16-6-4-14(5-7-16)12-19-21(29)27-23(30)32-19/h4-13H,1-3H3,(H,25,26,28)(H,27,29,30)/b19-12-. The topological polar surface area (TPSA) is 71.1 Å². The first kappa shape index (κ1) is 22.4. The average molecular weight is 480 g/mol. The van der Waals surface area contributed by atoms with Crippen molar-refractivity contribution in [3.63, 3.8) is 0 Å². The number of thiazole rings is 1. The number of thiocarbonyl (C=S) groups is 1. The highest BCUT2D eigenvalue weighted by molar-refractivity contribution is 8.26. The highest BCUT2D eigenvalue weighted by Gasteiger charge is 2.22. The summed E-state index contributed by atoms with van der Waals surface area (Å²) in [5.74, 6) is -0.434. The smallest absolute Gasteiger partial charge is 0.263 e. The lowest BCUT2D eigenvalue weighted by Gasteiger charge is -2.18. The molecule has 162 valence electrons. The van der Waals surface area contributed by atoms with E-state index >= 15 is 0 Å². The molecule has 5 nitrogen and oxygen atoms in total. The van der Waals surface area contributed by atoms with Crippen molar-refractivity contribution in [1.29, 1.82) is 0 Å². The number of aromatic nitrogens is 1. The second kappa shape index (κ2) is 8.97. The van der Waals surface area contributed by atoms with Crippen LogP contribution >= 0.6 is 35.3 Å². The van der Waals surface area contributed by atoms with Crippen molar-refractivity contribution in [2.45, 2.75) is 26.2 Å². The number of nitrogens with one attached hydrogen (secondary N) is 2. The number of amides is 2. The van der Waals surface area contributed by atoms with Gasteiger partial charge in [-0.3, -0.25) is 14.9 Å². The Morgan fingerprint density at radius 1 is 1.09 bits per heavy atom. The molecule has 1 aromatic heterocycles. The zero-order valence-corrected chi connectivity index (χ0v) is 20.2. The van der Waals surface area contributed by atoms with Crippen molar-refractivity contribution in [3.8, 4) is 11.3 Å². The Labute approximate surface area is 200 Å². The van der Waals surface area contributed by atoms with Gasteiger partial charge in [-0.2, -0.15) is 0 Å². The van der Waals surface area contributed by atoms with Gasteiger partial charge in [0.25, 0.3) is 11.8 Å². The third-order valence-electron chi connectivity index (χ3n) is 4.88. The number of benzene rings is 2. The van der Waals surface area contributed by atoms with Crippen molar-refractivity contribution in [1.82, 2.24) is 10.3 Å². The van der Waals surface area contributed by atoms with Gasteiger partial charge in [-0.15, -0.1) is 11.3 Å². The first-order valence-electron chi connectivity index (χ1n) is 9.92. The van der Waals surface area contributed by atoms with Crippen LogP contribution in [-0.4, -0.2) is 21.1 Å². The third-order valence-corrected chi connectivity index (χ3v) is 6.80. The quantitative estimate of drug-likeness (QED) is 0.363. The summed E-state index contributed by atoms with van der Waals surface area (Å²) in [6.07, 6.45) is 1.75. The van der Waals surface area contributed by atoms with Crippen molar-refractivity contribution in [2.24, 2.45) is 0 Å². The molecule has 2 amide bonds. The molecule has 2 N–H and O–H groups in total. The van der Waals surface area contributed by atoms with E-state index in [2.05, 4.69) is 60.7 Å². The second-order valence-electron chi connectivity index (χ2n) is 8.29. The minimum Gasteiger partial charge on any atom is -0.307 e. The molecule has 3 aromatic rings. The second-order valence-corrected chi connectivity index (χ2v) is 10.9. The van der Waals surface area contributed by atoms with Gasteiger partial charge in [0, 0.05) is 16.5 Å². The monoisotopic (exact) mass is 479 g/mol. The van der Waals surface area contributed by atoms with Gasteiger partial charge in [0.05, 0.1) is 10.6 Å². The van der Waals surface area contributed by atoms with Crippen LogP contribution in [0.15, 0.2) is 58.8 Å². The summed E-state index contributed by atoms with van der Waals surface area (Å²) in [5, 5.41) is 7.92. The summed E-state index contributed by atoms with van der Waals surface area (Å²) in [6.45, 7) is 6.55. The molecule has 2 aromatic carbocycles. The van der Waals surface area contributed by atoms with Crippen LogP contribution in [0.2, 0.25) is 0 Å². The summed E-state index contributed by atoms with van der Waals surface area (Å²) < 4.78 is 0.449. The maximum Gasteiger partial charge on any atom is 0.263 e. The number of nitrogens with zero attached hydrogens (tertiary/aromatic N) is 1. The van der Waals surface area contributed by atoms with Crippen LogP contribution < -0.4 is 10.6 Å². The first-order chi connectivity index (χ1) is 15.2. The maximum atomic E-state index is 12.6. The van der Waals surface area contributed by atoms with Crippen LogP contribution in [0.1, 0.15) is 42.3 Å². The molecule has 1 aliphatic heterocycles. The van der Waals surface area contributed by atoms with E-state index in [9.17, 15) is 9.59 Å². The van der Waals surface area contributed by atoms with Gasteiger partial charge in [0.1, 0.15) is 4.32 Å². The van der Waals surface area contributed by atoms with Crippen LogP contribution in [0.25, 0.3) is 17.3 Å². The minimum atomic E-state index is -0.234. The summed E-state index contributed by atoms with van der Waals surface area (Å²) in [6, 6.07) is 15.4. The third kappa shape index (κ3) is 5.15. The molecule has 8 heteroatoms. The van der Waals surface area contributed by atoms with E-state index in [0.717, 1.165) is 16.8 Å². The van der Waals surface area contributed by atoms with E-state index < -0.39 is 0 Å². The SMILES string of the molecule is CC(C)(C)c1ccc(-c2csc(NC(=O)c3ccc(/C=C4\SC(=S)NC4=O)cc3)n2)cc1. The maximum absolute atomic E-state index is 12.6. The minimum absolute atomic E-state index is 0.0980. The lowest BCUT2D eigenvalue weighted by molar-refractivity contribution is -0.115. The Hall–Kier alpha value is -2.81. The molecule has 0 bridgehead atoms. The van der Waals surface area contributed by atoms with Crippen LogP contribution in [0.5, 0.6) is 0 Å². The summed E-state index contributed by atoms with van der Waals surface area (Å²) in [4.78, 5) is 29.5. The number of carbonyl (C=O) groups excluding carboxylic acids is 2. The van der Waals surface area contributed by atoms with E-state index in [1.54, 1.807) is 30.3 Å². The average Bonchev–Trinajstić information content (AvgIpc) is 3.34. The van der Waals surface area contributed by atoms with Gasteiger partial charge < -0.3 is 5.32 Å². The molecular weight excluding hydrogens is 458 g/mol. The zero-order chi connectivity index (χ0) is 22.9. The summed E-state index contributed by atoms with van der Waals surface area (Å²) in [7, 11) is 0. The number of carbonyl (C=O) groups is 2. The molecule has 1 saturated heterocycles. The van der Waals surface area contributed by atoms with Crippen molar-refractivity contribution >= 4 is 62.7 Å². The fourth-order valence-corrected chi connectivity index (χ4v) is 4.84. The largest absolute Gasteiger partial charge is 0.307 e. The lowest BCUT2D eigenvalue weighted by atomic mass is 9.86. The fourth-order valence-electron chi connectivity index (χ4n) is 3.08. The summed E-state index contributed by atoms with van der Waals surface area (Å²) >= 11 is 7.61. The molecule has 0 saturated carbocycles. The number of anilines is 1. The van der Waals surface area contributed by atoms with Crippen LogP contribution in [0.4, 0.5) is 5.13 Å². The van der Waals surface area contributed by atoms with Gasteiger partial charge in [-0.1, -0.05) is 81.1 Å². The van der Waals surface area contributed by atoms with Gasteiger partial charge in [-0.25, -0.2) is 4.98 Å². The van der Waals surface area contributed by atoms with E-state index in [1.165, 1.54) is 28.7 Å². The fraction of sp³-hybridized carbons (Fsp3) is 0.167. The van der Waals surface area contributed by atoms with Crippen LogP contribution in [-0.2, 0) is 10.2 Å². The predicted octanol–water partition coefficient (Wildman–Crippen LogP) is 5.85. The van der Waals surface area contributed by atoms with Crippen molar-refractivity contribution < 1.29 is 9.59 Å². The van der Waals surface area contributed by atoms with E-state index in [4.69, 9.17) is 12.2 Å². The van der Waals surface area contributed by atoms with Crippen LogP contribution in [0.3, 0.4) is 0 Å². The molecule has 0 spiro atoms. The molecule has 0 radical (unpaired) electrons. The molecular formula is C24H21N3O2S3.